The minimum absolute atomic E-state index is 0. The second-order valence-electron chi connectivity index (χ2n) is 4.14. The highest BCUT2D eigenvalue weighted by atomic mass is 35.5. The fourth-order valence-electron chi connectivity index (χ4n) is 2.08. The highest BCUT2D eigenvalue weighted by Crippen LogP contribution is 2.22. The lowest BCUT2D eigenvalue weighted by Gasteiger charge is -2.17. The van der Waals surface area contributed by atoms with E-state index in [0.717, 1.165) is 30.9 Å². The van der Waals surface area contributed by atoms with E-state index in [9.17, 15) is 0 Å². The van der Waals surface area contributed by atoms with Gasteiger partial charge in [-0.15, -0.1) is 12.4 Å². The summed E-state index contributed by atoms with van der Waals surface area (Å²) in [6.45, 7) is 2.00. The first kappa shape index (κ1) is 13.3. The Kier molecular flexibility index (Phi) is 4.17. The number of hydrogen-bond acceptors (Lipinski definition) is 3. The highest BCUT2D eigenvalue weighted by molar-refractivity contribution is 6.30. The van der Waals surface area contributed by atoms with Gasteiger partial charge in [0.05, 0.1) is 5.02 Å². The van der Waals surface area contributed by atoms with Gasteiger partial charge in [-0.2, -0.15) is 0 Å². The lowest BCUT2D eigenvalue weighted by Crippen LogP contribution is -2.23. The van der Waals surface area contributed by atoms with Crippen LogP contribution in [0.1, 0.15) is 11.1 Å². The van der Waals surface area contributed by atoms with Gasteiger partial charge in [-0.05, 0) is 30.2 Å². The molecular weight excluding hydrogens is 269 g/mol. The number of rotatable bonds is 1. The van der Waals surface area contributed by atoms with Crippen molar-refractivity contribution in [2.75, 3.05) is 6.54 Å². The zero-order valence-electron chi connectivity index (χ0n) is 9.69. The summed E-state index contributed by atoms with van der Waals surface area (Å²) in [5, 5.41) is 3.92. The molecule has 1 aliphatic heterocycles. The third-order valence-electron chi connectivity index (χ3n) is 2.97. The molecule has 94 valence electrons. The van der Waals surface area contributed by atoms with Crippen molar-refractivity contribution in [3.63, 3.8) is 0 Å². The number of nitrogens with zero attached hydrogens (tertiary/aromatic N) is 2. The van der Waals surface area contributed by atoms with Crippen LogP contribution in [0.2, 0.25) is 5.02 Å². The van der Waals surface area contributed by atoms with Crippen LogP contribution in [0.3, 0.4) is 0 Å². The molecule has 5 heteroatoms. The van der Waals surface area contributed by atoms with E-state index < -0.39 is 0 Å². The summed E-state index contributed by atoms with van der Waals surface area (Å²) in [6.07, 6.45) is 4.33. The summed E-state index contributed by atoms with van der Waals surface area (Å²) in [4.78, 5) is 8.48. The van der Waals surface area contributed by atoms with Crippen molar-refractivity contribution in [2.45, 2.75) is 13.0 Å². The van der Waals surface area contributed by atoms with E-state index in [-0.39, 0.29) is 12.4 Å². The molecule has 0 amide bonds. The average Bonchev–Trinajstić information content (AvgIpc) is 2.39. The molecule has 1 aromatic heterocycles. The van der Waals surface area contributed by atoms with Crippen LogP contribution in [0.4, 0.5) is 0 Å². The van der Waals surface area contributed by atoms with Gasteiger partial charge in [0.2, 0.25) is 0 Å². The molecule has 1 aliphatic rings. The number of halogens is 2. The fraction of sp³-hybridized carbons (Fsp3) is 0.231. The van der Waals surface area contributed by atoms with E-state index in [4.69, 9.17) is 11.6 Å². The molecule has 0 atom stereocenters. The minimum Gasteiger partial charge on any atom is -0.312 e. The Morgan fingerprint density at radius 3 is 2.67 bits per heavy atom. The van der Waals surface area contributed by atoms with Crippen LogP contribution in [0, 0.1) is 0 Å². The van der Waals surface area contributed by atoms with Crippen molar-refractivity contribution in [3.8, 4) is 11.4 Å². The molecule has 2 heterocycles. The van der Waals surface area contributed by atoms with E-state index in [1.807, 2.05) is 0 Å². The number of benzene rings is 1. The molecule has 3 nitrogen and oxygen atoms in total. The Morgan fingerprint density at radius 1 is 1.11 bits per heavy atom. The molecule has 0 spiro atoms. The van der Waals surface area contributed by atoms with Crippen molar-refractivity contribution in [1.82, 2.24) is 15.3 Å². The van der Waals surface area contributed by atoms with E-state index >= 15 is 0 Å². The third-order valence-corrected chi connectivity index (χ3v) is 3.17. The van der Waals surface area contributed by atoms with Gasteiger partial charge in [0.1, 0.15) is 0 Å². The fourth-order valence-corrected chi connectivity index (χ4v) is 2.18. The van der Waals surface area contributed by atoms with Crippen LogP contribution < -0.4 is 5.32 Å². The summed E-state index contributed by atoms with van der Waals surface area (Å²) in [5.41, 5.74) is 3.82. The van der Waals surface area contributed by atoms with Gasteiger partial charge in [0, 0.05) is 24.5 Å². The van der Waals surface area contributed by atoms with Gasteiger partial charge in [-0.25, -0.2) is 9.97 Å². The maximum absolute atomic E-state index is 5.78. The van der Waals surface area contributed by atoms with Crippen LogP contribution in [0.25, 0.3) is 11.4 Å². The van der Waals surface area contributed by atoms with Crippen molar-refractivity contribution >= 4 is 24.0 Å². The molecule has 0 fully saturated rings. The van der Waals surface area contributed by atoms with E-state index in [1.165, 1.54) is 11.1 Å². The average molecular weight is 282 g/mol. The summed E-state index contributed by atoms with van der Waals surface area (Å²) >= 11 is 5.78. The SMILES string of the molecule is Cl.Clc1cnc(-c2ccc3c(c2)CCNC3)nc1. The van der Waals surface area contributed by atoms with Crippen LogP contribution in [-0.2, 0) is 13.0 Å². The minimum atomic E-state index is 0. The standard InChI is InChI=1S/C13H12ClN3.ClH/c14-12-7-16-13(17-8-12)10-1-2-11-6-15-4-3-9(11)5-10;/h1-2,5,7-8,15H,3-4,6H2;1H. The topological polar surface area (TPSA) is 37.8 Å². The Morgan fingerprint density at radius 2 is 1.89 bits per heavy atom. The predicted molar refractivity (Wildman–Crippen MR) is 75.1 cm³/mol. The second-order valence-corrected chi connectivity index (χ2v) is 4.57. The van der Waals surface area contributed by atoms with E-state index in [1.54, 1.807) is 12.4 Å². The predicted octanol–water partition coefficient (Wildman–Crippen LogP) is 2.86. The lowest BCUT2D eigenvalue weighted by atomic mass is 9.98. The van der Waals surface area contributed by atoms with Crippen molar-refractivity contribution in [2.24, 2.45) is 0 Å². The lowest BCUT2D eigenvalue weighted by molar-refractivity contribution is 0.644. The maximum atomic E-state index is 5.78. The summed E-state index contributed by atoms with van der Waals surface area (Å²) in [5.74, 6) is 0.732. The Hall–Kier alpha value is -1.16. The van der Waals surface area contributed by atoms with Crippen LogP contribution in [0.5, 0.6) is 0 Å². The molecule has 3 rings (SSSR count). The monoisotopic (exact) mass is 281 g/mol. The number of hydrogen-bond donors (Lipinski definition) is 1. The maximum Gasteiger partial charge on any atom is 0.159 e. The summed E-state index contributed by atoms with van der Waals surface area (Å²) in [7, 11) is 0. The zero-order valence-corrected chi connectivity index (χ0v) is 11.3. The normalized spacial score (nSPS) is 13.6. The second kappa shape index (κ2) is 5.65. The van der Waals surface area contributed by atoms with Gasteiger partial charge >= 0.3 is 0 Å². The molecule has 0 bridgehead atoms. The summed E-state index contributed by atoms with van der Waals surface area (Å²) in [6, 6.07) is 6.39. The van der Waals surface area contributed by atoms with Crippen molar-refractivity contribution in [3.05, 3.63) is 46.7 Å². The zero-order chi connectivity index (χ0) is 11.7. The number of fused-ring (bicyclic) bond motifs is 1. The first-order chi connectivity index (χ1) is 8.33. The molecule has 18 heavy (non-hydrogen) atoms. The molecule has 0 radical (unpaired) electrons. The van der Waals surface area contributed by atoms with E-state index in [0.29, 0.717) is 5.02 Å². The van der Waals surface area contributed by atoms with Crippen molar-refractivity contribution in [1.29, 1.82) is 0 Å². The van der Waals surface area contributed by atoms with Crippen molar-refractivity contribution < 1.29 is 0 Å². The molecule has 2 aromatic rings. The molecule has 1 aromatic carbocycles. The first-order valence-electron chi connectivity index (χ1n) is 5.63. The number of nitrogens with one attached hydrogen (secondary N) is 1. The van der Waals surface area contributed by atoms with Gasteiger partial charge < -0.3 is 5.32 Å². The summed E-state index contributed by atoms with van der Waals surface area (Å²) < 4.78 is 0. The van der Waals surface area contributed by atoms with Crippen LogP contribution in [-0.4, -0.2) is 16.5 Å². The Labute approximate surface area is 117 Å². The highest BCUT2D eigenvalue weighted by Gasteiger charge is 2.10. The molecule has 0 saturated heterocycles. The third kappa shape index (κ3) is 2.64. The Balaban J connectivity index is 0.00000120. The quantitative estimate of drug-likeness (QED) is 0.874. The van der Waals surface area contributed by atoms with E-state index in [2.05, 4.69) is 33.5 Å². The van der Waals surface area contributed by atoms with Crippen LogP contribution >= 0.6 is 24.0 Å². The Bertz CT molecular complexity index is 540. The largest absolute Gasteiger partial charge is 0.312 e. The molecule has 0 saturated carbocycles. The van der Waals surface area contributed by atoms with Gasteiger partial charge in [0.15, 0.2) is 5.82 Å². The first-order valence-corrected chi connectivity index (χ1v) is 6.01. The van der Waals surface area contributed by atoms with Gasteiger partial charge in [-0.3, -0.25) is 0 Å². The molecule has 1 N–H and O–H groups in total. The van der Waals surface area contributed by atoms with Crippen LogP contribution in [0.15, 0.2) is 30.6 Å². The molecule has 0 unspecified atom stereocenters. The molecule has 0 aliphatic carbocycles. The van der Waals surface area contributed by atoms with Gasteiger partial charge in [0.25, 0.3) is 0 Å². The molecular formula is C13H13Cl2N3. The van der Waals surface area contributed by atoms with Gasteiger partial charge in [-0.1, -0.05) is 23.7 Å². The number of aromatic nitrogens is 2. The smallest absolute Gasteiger partial charge is 0.159 e.